The van der Waals surface area contributed by atoms with Gasteiger partial charge in [-0.15, -0.1) is 11.3 Å². The summed E-state index contributed by atoms with van der Waals surface area (Å²) in [6, 6.07) is 33.4. The Labute approximate surface area is 315 Å². The number of oxazole rings is 1. The van der Waals surface area contributed by atoms with Gasteiger partial charge < -0.3 is 9.40 Å². The summed E-state index contributed by atoms with van der Waals surface area (Å²) in [5, 5.41) is 1.47. The molecule has 0 unspecified atom stereocenters. The van der Waals surface area contributed by atoms with Crippen LogP contribution in [0.15, 0.2) is 145 Å². The zero-order valence-electron chi connectivity index (χ0n) is 28.6. The molecule has 7 heterocycles. The number of rotatable bonds is 6. The second-order valence-electron chi connectivity index (χ2n) is 12.7. The quantitative estimate of drug-likeness (QED) is 0.176. The molecule has 11 nitrogen and oxygen atoms in total. The third-order valence-electron chi connectivity index (χ3n) is 9.46. The van der Waals surface area contributed by atoms with Crippen LogP contribution in [0.25, 0.3) is 111 Å². The highest BCUT2D eigenvalue weighted by molar-refractivity contribution is 7.21. The van der Waals surface area contributed by atoms with E-state index in [4.69, 9.17) is 44.3 Å². The lowest BCUT2D eigenvalue weighted by Crippen LogP contribution is -2.03. The third kappa shape index (κ3) is 5.15. The van der Waals surface area contributed by atoms with E-state index in [0.29, 0.717) is 62.4 Å². The van der Waals surface area contributed by atoms with E-state index in [1.165, 1.54) is 0 Å². The minimum atomic E-state index is 0.349. The van der Waals surface area contributed by atoms with Crippen LogP contribution in [0.3, 0.4) is 0 Å². The van der Waals surface area contributed by atoms with Gasteiger partial charge in [0.2, 0.25) is 5.89 Å². The highest BCUT2D eigenvalue weighted by Crippen LogP contribution is 2.51. The van der Waals surface area contributed by atoms with E-state index in [9.17, 15) is 0 Å². The van der Waals surface area contributed by atoms with Crippen molar-refractivity contribution in [3.63, 3.8) is 0 Å². The molecular weight excluding hydrogens is 705 g/mol. The molecule has 0 spiro atoms. The van der Waals surface area contributed by atoms with Crippen molar-refractivity contribution in [1.82, 2.24) is 49.8 Å². The Morgan fingerprint density at radius 3 is 2.13 bits per heavy atom. The number of imidazole rings is 1. The Kier molecular flexibility index (Phi) is 7.07. The van der Waals surface area contributed by atoms with Gasteiger partial charge in [0.05, 0.1) is 49.9 Å². The van der Waals surface area contributed by atoms with E-state index < -0.39 is 0 Å². The molecule has 0 aliphatic carbocycles. The SMILES string of the molecule is c1ccc(-c2c(-c3cnccn3)cc3nc(-c4nc5ccccc5o4)c(-c4nc5ccccc5s4)c(-c4nc5ccccc5[nH]4)c3c2-c2ncccn2)nc1. The molecule has 0 radical (unpaired) electrons. The number of nitrogens with one attached hydrogen (secondary N) is 1. The molecule has 4 aromatic carbocycles. The number of para-hydroxylation sites is 5. The zero-order valence-corrected chi connectivity index (χ0v) is 29.4. The molecule has 0 aliphatic heterocycles. The van der Waals surface area contributed by atoms with Gasteiger partial charge in [-0.3, -0.25) is 15.0 Å². The van der Waals surface area contributed by atoms with Crippen molar-refractivity contribution in [3.05, 3.63) is 140 Å². The first-order valence-corrected chi connectivity index (χ1v) is 18.3. The van der Waals surface area contributed by atoms with Crippen LogP contribution in [0, 0.1) is 0 Å². The first-order chi connectivity index (χ1) is 27.3. The van der Waals surface area contributed by atoms with Crippen LogP contribution in [0.2, 0.25) is 0 Å². The molecule has 0 bridgehead atoms. The summed E-state index contributed by atoms with van der Waals surface area (Å²) in [6.45, 7) is 0. The van der Waals surface area contributed by atoms with Crippen LogP contribution < -0.4 is 0 Å². The van der Waals surface area contributed by atoms with Gasteiger partial charge in [0.1, 0.15) is 22.0 Å². The second-order valence-corrected chi connectivity index (χ2v) is 13.8. The lowest BCUT2D eigenvalue weighted by Gasteiger charge is -2.20. The molecule has 258 valence electrons. The van der Waals surface area contributed by atoms with Crippen LogP contribution in [-0.4, -0.2) is 49.8 Å². The maximum atomic E-state index is 6.53. The molecule has 0 amide bonds. The van der Waals surface area contributed by atoms with Crippen molar-refractivity contribution >= 4 is 54.6 Å². The minimum absolute atomic E-state index is 0.349. The van der Waals surface area contributed by atoms with E-state index in [-0.39, 0.29) is 0 Å². The van der Waals surface area contributed by atoms with Crippen LogP contribution in [0.1, 0.15) is 0 Å². The molecule has 0 aliphatic rings. The number of aromatic amines is 1. The van der Waals surface area contributed by atoms with E-state index in [2.05, 4.69) is 16.0 Å². The highest BCUT2D eigenvalue weighted by Gasteiger charge is 2.32. The van der Waals surface area contributed by atoms with Gasteiger partial charge in [-0.05, 0) is 60.7 Å². The first kappa shape index (κ1) is 31.0. The lowest BCUT2D eigenvalue weighted by atomic mass is 9.87. The lowest BCUT2D eigenvalue weighted by molar-refractivity contribution is 0.617. The second kappa shape index (κ2) is 12.5. The Morgan fingerprint density at radius 2 is 1.33 bits per heavy atom. The number of aromatic nitrogens is 10. The van der Waals surface area contributed by atoms with E-state index >= 15 is 0 Å². The normalized spacial score (nSPS) is 11.6. The Hall–Kier alpha value is -7.57. The van der Waals surface area contributed by atoms with Gasteiger partial charge in [0.25, 0.3) is 0 Å². The smallest absolute Gasteiger partial charge is 0.247 e. The largest absolute Gasteiger partial charge is 0.435 e. The number of fused-ring (bicyclic) bond motifs is 4. The van der Waals surface area contributed by atoms with Gasteiger partial charge in [-0.2, -0.15) is 0 Å². The highest BCUT2D eigenvalue weighted by atomic mass is 32.1. The number of hydrogen-bond donors (Lipinski definition) is 1. The number of pyridine rings is 2. The minimum Gasteiger partial charge on any atom is -0.435 e. The predicted octanol–water partition coefficient (Wildman–Crippen LogP) is 9.84. The Morgan fingerprint density at radius 1 is 0.545 bits per heavy atom. The van der Waals surface area contributed by atoms with Crippen molar-refractivity contribution in [2.24, 2.45) is 0 Å². The molecule has 1 N–H and O–H groups in total. The summed E-state index contributed by atoms with van der Waals surface area (Å²) >= 11 is 1.57. The molecule has 12 heteroatoms. The summed E-state index contributed by atoms with van der Waals surface area (Å²) in [5.41, 5.74) is 10.0. The first-order valence-electron chi connectivity index (χ1n) is 17.4. The van der Waals surface area contributed by atoms with E-state index in [0.717, 1.165) is 48.3 Å². The maximum Gasteiger partial charge on any atom is 0.247 e. The van der Waals surface area contributed by atoms with Crippen molar-refractivity contribution in [2.75, 3.05) is 0 Å². The van der Waals surface area contributed by atoms with Crippen LogP contribution in [-0.2, 0) is 0 Å². The third-order valence-corrected chi connectivity index (χ3v) is 10.5. The van der Waals surface area contributed by atoms with Gasteiger partial charge in [-0.1, -0.05) is 42.5 Å². The molecule has 0 saturated carbocycles. The van der Waals surface area contributed by atoms with Crippen LogP contribution in [0.4, 0.5) is 0 Å². The molecule has 0 atom stereocenters. The standard InChI is InChI=1S/C43H24N10OS/c1-2-11-26-25(10-1)50-41(51-26)37-35-30(22-24(31-23-44-20-21-46-31)34(29-14-7-8-17-45-29)36(35)40-47-18-9-19-48-40)49-39(42-52-27-12-3-5-15-32(27)54-42)38(37)43-53-28-13-4-6-16-33(28)55-43/h1-23H,(H,50,51). The van der Waals surface area contributed by atoms with Crippen molar-refractivity contribution in [1.29, 1.82) is 0 Å². The summed E-state index contributed by atoms with van der Waals surface area (Å²) in [4.78, 5) is 48.4. The fourth-order valence-electron chi connectivity index (χ4n) is 7.12. The molecule has 0 fully saturated rings. The van der Waals surface area contributed by atoms with Crippen LogP contribution in [0.5, 0.6) is 0 Å². The fraction of sp³-hybridized carbons (Fsp3) is 0. The summed E-state index contributed by atoms with van der Waals surface area (Å²) < 4.78 is 7.55. The van der Waals surface area contributed by atoms with Gasteiger partial charge in [-0.25, -0.2) is 29.9 Å². The Balaban J connectivity index is 1.40. The van der Waals surface area contributed by atoms with Crippen LogP contribution >= 0.6 is 11.3 Å². The van der Waals surface area contributed by atoms with E-state index in [1.807, 2.05) is 91.0 Å². The molecule has 0 saturated heterocycles. The summed E-state index contributed by atoms with van der Waals surface area (Å²) in [6.07, 6.45) is 10.3. The van der Waals surface area contributed by atoms with Gasteiger partial charge in [0, 0.05) is 58.6 Å². The average Bonchev–Trinajstić information content (AvgIpc) is 4.00. The van der Waals surface area contributed by atoms with Crippen molar-refractivity contribution in [3.8, 4) is 67.4 Å². The van der Waals surface area contributed by atoms with Crippen molar-refractivity contribution < 1.29 is 4.42 Å². The average molecular weight is 729 g/mol. The topological polar surface area (TPSA) is 145 Å². The summed E-state index contributed by atoms with van der Waals surface area (Å²) in [7, 11) is 0. The maximum absolute atomic E-state index is 6.53. The van der Waals surface area contributed by atoms with Gasteiger partial charge >= 0.3 is 0 Å². The molecular formula is C43H24N10OS. The molecule has 7 aromatic heterocycles. The number of benzene rings is 4. The number of thiazole rings is 1. The molecule has 11 rings (SSSR count). The number of nitrogens with zero attached hydrogens (tertiary/aromatic N) is 9. The monoisotopic (exact) mass is 728 g/mol. The fourth-order valence-corrected chi connectivity index (χ4v) is 8.14. The predicted molar refractivity (Wildman–Crippen MR) is 214 cm³/mol. The van der Waals surface area contributed by atoms with Crippen molar-refractivity contribution in [2.45, 2.75) is 0 Å². The Bertz CT molecular complexity index is 3120. The zero-order chi connectivity index (χ0) is 36.3. The van der Waals surface area contributed by atoms with Gasteiger partial charge in [0.15, 0.2) is 11.4 Å². The molecule has 11 aromatic rings. The number of H-pyrrole nitrogens is 1. The van der Waals surface area contributed by atoms with E-state index in [1.54, 1.807) is 54.6 Å². The summed E-state index contributed by atoms with van der Waals surface area (Å²) in [5.74, 6) is 1.43. The molecule has 55 heavy (non-hydrogen) atoms. The number of hydrogen-bond acceptors (Lipinski definition) is 11.